The molecule has 126 valence electrons. The van der Waals surface area contributed by atoms with E-state index >= 15 is 0 Å². The van der Waals surface area contributed by atoms with Gasteiger partial charge in [0.2, 0.25) is 0 Å². The van der Waals surface area contributed by atoms with Crippen molar-refractivity contribution in [3.05, 3.63) is 0 Å². The normalized spacial score (nSPS) is 35.0. The van der Waals surface area contributed by atoms with Crippen LogP contribution in [-0.2, 0) is 0 Å². The molecule has 3 aliphatic rings. The second-order valence-corrected chi connectivity index (χ2v) is 7.11. The molecule has 3 N–H and O–H groups in total. The highest BCUT2D eigenvalue weighted by molar-refractivity contribution is 5.65. The number of piperidine rings is 1. The molecule has 3 rings (SSSR count). The van der Waals surface area contributed by atoms with E-state index in [1.165, 1.54) is 11.3 Å². The number of hydrogen-bond acceptors (Lipinski definition) is 4. The van der Waals surface area contributed by atoms with Crippen LogP contribution in [0.3, 0.4) is 0 Å². The van der Waals surface area contributed by atoms with Gasteiger partial charge in [0.1, 0.15) is 0 Å². The fourth-order valence-corrected chi connectivity index (χ4v) is 4.25. The first kappa shape index (κ1) is 16.0. The van der Waals surface area contributed by atoms with E-state index in [-0.39, 0.29) is 12.1 Å². The van der Waals surface area contributed by atoms with Gasteiger partial charge in [-0.15, -0.1) is 0 Å². The van der Waals surface area contributed by atoms with Crippen LogP contribution in [0.1, 0.15) is 44.9 Å². The molecular formula is C16H29N3O3. The van der Waals surface area contributed by atoms with Gasteiger partial charge < -0.3 is 20.4 Å². The molecule has 0 aromatic rings. The summed E-state index contributed by atoms with van der Waals surface area (Å²) in [5.41, 5.74) is 0. The maximum absolute atomic E-state index is 11.0. The molecule has 1 aliphatic carbocycles. The van der Waals surface area contributed by atoms with Gasteiger partial charge in [0.25, 0.3) is 0 Å². The van der Waals surface area contributed by atoms with Gasteiger partial charge in [-0.2, -0.15) is 0 Å². The molecule has 0 aromatic heterocycles. The predicted molar refractivity (Wildman–Crippen MR) is 84.0 cm³/mol. The predicted octanol–water partition coefficient (Wildman–Crippen LogP) is 1.10. The number of nitrogens with zero attached hydrogens (tertiary/aromatic N) is 2. The third-order valence-electron chi connectivity index (χ3n) is 5.66. The molecule has 0 radical (unpaired) electrons. The highest BCUT2D eigenvalue weighted by atomic mass is 16.4. The fraction of sp³-hybridized carbons (Fsp3) is 0.938. The third kappa shape index (κ3) is 3.73. The van der Waals surface area contributed by atoms with E-state index in [1.807, 2.05) is 0 Å². The van der Waals surface area contributed by atoms with Gasteiger partial charge in [-0.25, -0.2) is 4.79 Å². The maximum Gasteiger partial charge on any atom is 0.407 e. The molecule has 1 saturated carbocycles. The summed E-state index contributed by atoms with van der Waals surface area (Å²) in [6, 6.07) is 1.18. The lowest BCUT2D eigenvalue weighted by Crippen LogP contribution is -2.52. The van der Waals surface area contributed by atoms with Gasteiger partial charge in [-0.1, -0.05) is 12.8 Å². The number of amides is 1. The summed E-state index contributed by atoms with van der Waals surface area (Å²) >= 11 is 0. The van der Waals surface area contributed by atoms with Crippen molar-refractivity contribution in [3.8, 4) is 0 Å². The number of carboxylic acid groups (broad SMARTS) is 1. The summed E-state index contributed by atoms with van der Waals surface area (Å²) in [6.45, 7) is 3.42. The summed E-state index contributed by atoms with van der Waals surface area (Å²) in [6.07, 6.45) is 6.61. The first-order valence-electron chi connectivity index (χ1n) is 8.79. The molecule has 2 aliphatic heterocycles. The van der Waals surface area contributed by atoms with Crippen LogP contribution < -0.4 is 5.32 Å². The zero-order valence-electron chi connectivity index (χ0n) is 13.3. The van der Waals surface area contributed by atoms with Crippen LogP contribution in [0.4, 0.5) is 4.79 Å². The van der Waals surface area contributed by atoms with Crippen molar-refractivity contribution < 1.29 is 15.0 Å². The van der Waals surface area contributed by atoms with E-state index < -0.39 is 6.09 Å². The Labute approximate surface area is 132 Å². The topological polar surface area (TPSA) is 76.0 Å². The Balaban J connectivity index is 1.42. The highest BCUT2D eigenvalue weighted by Crippen LogP contribution is 2.23. The number of carbonyl (C=O) groups is 1. The van der Waals surface area contributed by atoms with Gasteiger partial charge in [0, 0.05) is 31.2 Å². The Bertz CT molecular complexity index is 385. The van der Waals surface area contributed by atoms with Gasteiger partial charge in [0.05, 0.1) is 6.10 Å². The smallest absolute Gasteiger partial charge is 0.407 e. The van der Waals surface area contributed by atoms with Crippen LogP contribution in [0.5, 0.6) is 0 Å². The van der Waals surface area contributed by atoms with Gasteiger partial charge in [-0.3, -0.25) is 4.90 Å². The quantitative estimate of drug-likeness (QED) is 0.727. The Morgan fingerprint density at radius 1 is 1.00 bits per heavy atom. The minimum Gasteiger partial charge on any atom is -0.465 e. The Morgan fingerprint density at radius 3 is 2.36 bits per heavy atom. The van der Waals surface area contributed by atoms with Crippen LogP contribution in [0.2, 0.25) is 0 Å². The Morgan fingerprint density at radius 2 is 1.73 bits per heavy atom. The van der Waals surface area contributed by atoms with Crippen LogP contribution >= 0.6 is 0 Å². The molecule has 3 fully saturated rings. The molecule has 3 atom stereocenters. The monoisotopic (exact) mass is 311 g/mol. The zero-order chi connectivity index (χ0) is 15.5. The molecule has 22 heavy (non-hydrogen) atoms. The van der Waals surface area contributed by atoms with E-state index in [2.05, 4.69) is 10.2 Å². The summed E-state index contributed by atoms with van der Waals surface area (Å²) in [7, 11) is 0. The number of rotatable bonds is 3. The zero-order valence-corrected chi connectivity index (χ0v) is 13.3. The second kappa shape index (κ2) is 7.15. The first-order valence-corrected chi connectivity index (χ1v) is 8.79. The minimum atomic E-state index is -0.787. The van der Waals surface area contributed by atoms with Gasteiger partial charge in [-0.05, 0) is 45.2 Å². The molecule has 0 aromatic carbocycles. The molecule has 6 nitrogen and oxygen atoms in total. The number of nitrogens with one attached hydrogen (secondary N) is 1. The van der Waals surface area contributed by atoms with Gasteiger partial charge >= 0.3 is 6.09 Å². The Kier molecular flexibility index (Phi) is 5.21. The van der Waals surface area contributed by atoms with E-state index in [9.17, 15) is 9.90 Å². The summed E-state index contributed by atoms with van der Waals surface area (Å²) < 4.78 is 0. The molecular weight excluding hydrogens is 282 g/mol. The number of aliphatic hydroxyl groups is 1. The molecule has 6 heteroatoms. The molecule has 0 unspecified atom stereocenters. The lowest BCUT2D eigenvalue weighted by atomic mass is 9.91. The summed E-state index contributed by atoms with van der Waals surface area (Å²) in [4.78, 5) is 15.0. The van der Waals surface area contributed by atoms with Crippen molar-refractivity contribution in [2.45, 2.75) is 69.2 Å². The average molecular weight is 311 g/mol. The van der Waals surface area contributed by atoms with Crippen molar-refractivity contribution in [2.75, 3.05) is 26.2 Å². The largest absolute Gasteiger partial charge is 0.465 e. The maximum atomic E-state index is 11.0. The van der Waals surface area contributed by atoms with Crippen LogP contribution in [0.25, 0.3) is 0 Å². The fourth-order valence-electron chi connectivity index (χ4n) is 4.25. The van der Waals surface area contributed by atoms with Crippen LogP contribution in [0, 0.1) is 0 Å². The van der Waals surface area contributed by atoms with Crippen molar-refractivity contribution in [1.29, 1.82) is 0 Å². The lowest BCUT2D eigenvalue weighted by molar-refractivity contribution is 0.0720. The van der Waals surface area contributed by atoms with Crippen molar-refractivity contribution in [3.63, 3.8) is 0 Å². The molecule has 1 amide bonds. The third-order valence-corrected chi connectivity index (χ3v) is 5.66. The minimum absolute atomic E-state index is 0.175. The van der Waals surface area contributed by atoms with Gasteiger partial charge in [0.15, 0.2) is 0 Å². The van der Waals surface area contributed by atoms with Crippen molar-refractivity contribution in [1.82, 2.24) is 15.1 Å². The molecule has 2 heterocycles. The number of hydrogen-bond donors (Lipinski definition) is 3. The van der Waals surface area contributed by atoms with E-state index in [0.29, 0.717) is 25.2 Å². The molecule has 0 bridgehead atoms. The Hall–Kier alpha value is -0.850. The van der Waals surface area contributed by atoms with E-state index in [1.54, 1.807) is 0 Å². The van der Waals surface area contributed by atoms with Crippen LogP contribution in [-0.4, -0.2) is 76.5 Å². The van der Waals surface area contributed by atoms with Crippen LogP contribution in [0.15, 0.2) is 0 Å². The van der Waals surface area contributed by atoms with E-state index in [4.69, 9.17) is 5.11 Å². The SMILES string of the molecule is O=C(O)N1CC[C@H](N2CCC(N[C@H]3CCCC[C@@H]3O)CC2)C1. The first-order chi connectivity index (χ1) is 10.6. The van der Waals surface area contributed by atoms with E-state index in [0.717, 1.165) is 51.6 Å². The highest BCUT2D eigenvalue weighted by Gasteiger charge is 2.33. The number of aliphatic hydroxyl groups excluding tert-OH is 1. The average Bonchev–Trinajstić information content (AvgIpc) is 3.00. The standard InChI is InChI=1S/C16H29N3O3/c20-15-4-2-1-3-14(15)17-12-5-8-18(9-6-12)13-7-10-19(11-13)16(21)22/h12-15,17,20H,1-11H2,(H,21,22)/t13-,14-,15-/m0/s1. The summed E-state index contributed by atoms with van der Waals surface area (Å²) in [5.74, 6) is 0. The number of likely N-dealkylation sites (tertiary alicyclic amines) is 2. The molecule has 0 spiro atoms. The van der Waals surface area contributed by atoms with Crippen molar-refractivity contribution >= 4 is 6.09 Å². The molecule has 2 saturated heterocycles. The summed E-state index contributed by atoms with van der Waals surface area (Å²) in [5, 5.41) is 22.8. The lowest BCUT2D eigenvalue weighted by Gasteiger charge is -2.39. The van der Waals surface area contributed by atoms with Crippen molar-refractivity contribution in [2.24, 2.45) is 0 Å². The second-order valence-electron chi connectivity index (χ2n) is 7.11.